The van der Waals surface area contributed by atoms with E-state index in [1.165, 1.54) is 6.07 Å². The Hall–Kier alpha value is -2.61. The topological polar surface area (TPSA) is 114 Å². The highest BCUT2D eigenvalue weighted by molar-refractivity contribution is 6.33. The number of ether oxygens (including phenoxy) is 1. The summed E-state index contributed by atoms with van der Waals surface area (Å²) in [4.78, 5) is 47.9. The van der Waals surface area contributed by atoms with Crippen molar-refractivity contribution in [2.45, 2.75) is 33.7 Å². The number of benzene rings is 1. The third-order valence-corrected chi connectivity index (χ3v) is 3.92. The quantitative estimate of drug-likeness (QED) is 0.567. The Morgan fingerprint density at radius 1 is 1.07 bits per heavy atom. The maximum Gasteiger partial charge on any atom is 0.329 e. The molecule has 0 saturated heterocycles. The van der Waals surface area contributed by atoms with Gasteiger partial charge in [-0.05, 0) is 24.0 Å². The number of urea groups is 1. The number of carbonyl (C=O) groups is 4. The predicted molar refractivity (Wildman–Crippen MR) is 105 cm³/mol. The number of halogens is 1. The van der Waals surface area contributed by atoms with Crippen molar-refractivity contribution in [1.29, 1.82) is 0 Å². The van der Waals surface area contributed by atoms with E-state index in [-0.39, 0.29) is 22.4 Å². The Balaban J connectivity index is 2.58. The first kappa shape index (κ1) is 23.4. The van der Waals surface area contributed by atoms with Crippen molar-refractivity contribution in [3.63, 3.8) is 0 Å². The number of imide groups is 1. The third kappa shape index (κ3) is 7.96. The lowest BCUT2D eigenvalue weighted by Crippen LogP contribution is -2.47. The largest absolute Gasteiger partial charge is 0.454 e. The summed E-state index contributed by atoms with van der Waals surface area (Å²) in [7, 11) is 0. The lowest BCUT2D eigenvalue weighted by Gasteiger charge is -2.21. The minimum absolute atomic E-state index is 0.224. The summed E-state index contributed by atoms with van der Waals surface area (Å²) in [5, 5.41) is 7.39. The highest BCUT2D eigenvalue weighted by Crippen LogP contribution is 2.15. The second kappa shape index (κ2) is 11.3. The molecular formula is C19H26ClN3O5. The molecule has 28 heavy (non-hydrogen) atoms. The molecule has 0 unspecified atom stereocenters. The number of hydrogen-bond donors (Lipinski definition) is 3. The fourth-order valence-corrected chi connectivity index (χ4v) is 2.31. The van der Waals surface area contributed by atoms with Crippen molar-refractivity contribution in [3.05, 3.63) is 34.9 Å². The highest BCUT2D eigenvalue weighted by Gasteiger charge is 2.27. The Morgan fingerprint density at radius 3 is 2.29 bits per heavy atom. The van der Waals surface area contributed by atoms with Crippen molar-refractivity contribution in [1.82, 2.24) is 16.0 Å². The van der Waals surface area contributed by atoms with Gasteiger partial charge in [-0.15, -0.1) is 0 Å². The first-order chi connectivity index (χ1) is 13.1. The van der Waals surface area contributed by atoms with Crippen LogP contribution in [0.2, 0.25) is 5.02 Å². The van der Waals surface area contributed by atoms with Crippen LogP contribution in [0.3, 0.4) is 0 Å². The van der Waals surface area contributed by atoms with Gasteiger partial charge in [0.2, 0.25) is 0 Å². The van der Waals surface area contributed by atoms with Gasteiger partial charge < -0.3 is 15.4 Å². The van der Waals surface area contributed by atoms with Gasteiger partial charge in [-0.3, -0.25) is 14.9 Å². The van der Waals surface area contributed by atoms with Gasteiger partial charge in [0.1, 0.15) is 6.04 Å². The van der Waals surface area contributed by atoms with E-state index in [9.17, 15) is 19.2 Å². The summed E-state index contributed by atoms with van der Waals surface area (Å²) >= 11 is 5.99. The van der Waals surface area contributed by atoms with E-state index in [4.69, 9.17) is 16.3 Å². The van der Waals surface area contributed by atoms with Crippen molar-refractivity contribution >= 4 is 35.4 Å². The average molecular weight is 412 g/mol. The second-order valence-corrected chi connectivity index (χ2v) is 7.34. The van der Waals surface area contributed by atoms with Gasteiger partial charge in [-0.2, -0.15) is 0 Å². The first-order valence-corrected chi connectivity index (χ1v) is 9.29. The minimum atomic E-state index is -0.980. The number of hydrogen-bond acceptors (Lipinski definition) is 5. The molecule has 0 aliphatic rings. The molecule has 0 aromatic heterocycles. The van der Waals surface area contributed by atoms with Crippen LogP contribution in [0.15, 0.2) is 24.3 Å². The predicted octanol–water partition coefficient (Wildman–Crippen LogP) is 2.12. The summed E-state index contributed by atoms with van der Waals surface area (Å²) in [6.07, 6.45) is 0. The molecule has 1 aromatic rings. The number of carbonyl (C=O) groups excluding carboxylic acids is 4. The van der Waals surface area contributed by atoms with Crippen molar-refractivity contribution in [2.24, 2.45) is 11.8 Å². The number of rotatable bonds is 8. The van der Waals surface area contributed by atoms with Crippen LogP contribution in [0.25, 0.3) is 0 Å². The van der Waals surface area contributed by atoms with Gasteiger partial charge in [-0.25, -0.2) is 9.59 Å². The normalized spacial score (nSPS) is 11.7. The van der Waals surface area contributed by atoms with Gasteiger partial charge in [0.05, 0.1) is 10.6 Å². The van der Waals surface area contributed by atoms with Crippen molar-refractivity contribution < 1.29 is 23.9 Å². The molecule has 9 heteroatoms. The van der Waals surface area contributed by atoms with E-state index >= 15 is 0 Å². The molecule has 8 nitrogen and oxygen atoms in total. The molecule has 0 saturated carbocycles. The summed E-state index contributed by atoms with van der Waals surface area (Å²) < 4.78 is 4.94. The van der Waals surface area contributed by atoms with E-state index in [1.54, 1.807) is 32.0 Å². The monoisotopic (exact) mass is 411 g/mol. The van der Waals surface area contributed by atoms with Crippen LogP contribution in [0.5, 0.6) is 0 Å². The summed E-state index contributed by atoms with van der Waals surface area (Å²) in [6.45, 7) is 7.03. The molecule has 0 heterocycles. The molecule has 154 valence electrons. The summed E-state index contributed by atoms with van der Waals surface area (Å²) in [6, 6.07) is 4.78. The zero-order valence-corrected chi connectivity index (χ0v) is 17.1. The molecule has 0 aliphatic carbocycles. The smallest absolute Gasteiger partial charge is 0.329 e. The summed E-state index contributed by atoms with van der Waals surface area (Å²) in [5.41, 5.74) is 0.224. The molecule has 0 radical (unpaired) electrons. The molecule has 0 fully saturated rings. The van der Waals surface area contributed by atoms with Gasteiger partial charge >= 0.3 is 12.0 Å². The Labute approximate surface area is 169 Å². The third-order valence-electron chi connectivity index (χ3n) is 3.60. The van der Waals surface area contributed by atoms with Crippen LogP contribution in [-0.2, 0) is 14.3 Å². The highest BCUT2D eigenvalue weighted by atomic mass is 35.5. The molecule has 1 atom stereocenters. The van der Waals surface area contributed by atoms with E-state index in [0.29, 0.717) is 6.54 Å². The molecule has 0 aliphatic heterocycles. The lowest BCUT2D eigenvalue weighted by molar-refractivity contribution is -0.151. The van der Waals surface area contributed by atoms with E-state index in [2.05, 4.69) is 16.0 Å². The van der Waals surface area contributed by atoms with Crippen LogP contribution in [0.4, 0.5) is 4.79 Å². The van der Waals surface area contributed by atoms with Gasteiger partial charge in [0.25, 0.3) is 11.8 Å². The summed E-state index contributed by atoms with van der Waals surface area (Å²) in [5.74, 6) is -2.15. The number of nitrogens with one attached hydrogen (secondary N) is 3. The molecule has 4 amide bonds. The zero-order valence-electron chi connectivity index (χ0n) is 16.4. The van der Waals surface area contributed by atoms with Crippen molar-refractivity contribution in [3.8, 4) is 0 Å². The van der Waals surface area contributed by atoms with E-state index in [1.807, 2.05) is 13.8 Å². The van der Waals surface area contributed by atoms with Crippen LogP contribution >= 0.6 is 11.6 Å². The fraction of sp³-hybridized carbons (Fsp3) is 0.474. The second-order valence-electron chi connectivity index (χ2n) is 6.93. The van der Waals surface area contributed by atoms with Crippen LogP contribution in [0.1, 0.15) is 38.1 Å². The van der Waals surface area contributed by atoms with Crippen LogP contribution in [0, 0.1) is 11.8 Å². The number of esters is 1. The van der Waals surface area contributed by atoms with Gasteiger partial charge in [0, 0.05) is 6.54 Å². The molecule has 1 aromatic carbocycles. The maximum atomic E-state index is 12.4. The molecule has 0 spiro atoms. The molecule has 1 rings (SSSR count). The molecule has 0 bridgehead atoms. The Bertz CT molecular complexity index is 721. The Kier molecular flexibility index (Phi) is 9.44. The van der Waals surface area contributed by atoms with Crippen LogP contribution < -0.4 is 16.0 Å². The van der Waals surface area contributed by atoms with Gasteiger partial charge in [0.15, 0.2) is 6.61 Å². The van der Waals surface area contributed by atoms with E-state index in [0.717, 1.165) is 0 Å². The maximum absolute atomic E-state index is 12.4. The molecule has 3 N–H and O–H groups in total. The molecular weight excluding hydrogens is 386 g/mol. The Morgan fingerprint density at radius 2 is 1.71 bits per heavy atom. The lowest BCUT2D eigenvalue weighted by atomic mass is 10.0. The SMILES string of the molecule is CC(C)CNC(=O)NC(=O)COC(=O)[C@@H](NC(=O)c1ccccc1Cl)C(C)C. The minimum Gasteiger partial charge on any atom is -0.454 e. The zero-order chi connectivity index (χ0) is 21.3. The van der Waals surface area contributed by atoms with Crippen molar-refractivity contribution in [2.75, 3.05) is 13.2 Å². The first-order valence-electron chi connectivity index (χ1n) is 8.91. The number of amides is 4. The van der Waals surface area contributed by atoms with Crippen LogP contribution in [-0.4, -0.2) is 43.0 Å². The van der Waals surface area contributed by atoms with Gasteiger partial charge in [-0.1, -0.05) is 51.4 Å². The fourth-order valence-electron chi connectivity index (χ4n) is 2.09. The standard InChI is InChI=1S/C19H26ClN3O5/c1-11(2)9-21-19(27)22-15(24)10-28-18(26)16(12(3)4)23-17(25)13-7-5-6-8-14(13)20/h5-8,11-12,16H,9-10H2,1-4H3,(H,23,25)(H2,21,22,24,27)/t16-/m0/s1. The average Bonchev–Trinajstić information content (AvgIpc) is 2.62. The van der Waals surface area contributed by atoms with E-state index < -0.39 is 36.5 Å².